The highest BCUT2D eigenvalue weighted by Gasteiger charge is 2.30. The number of aromatic nitrogens is 2. The molecule has 0 radical (unpaired) electrons. The van der Waals surface area contributed by atoms with Gasteiger partial charge in [-0.25, -0.2) is 4.98 Å². The fourth-order valence-corrected chi connectivity index (χ4v) is 3.32. The molecular formula is C17H26N4. The molecule has 2 aromatic heterocycles. The fraction of sp³-hybridized carbons (Fsp3) is 0.588. The van der Waals surface area contributed by atoms with Crippen LogP contribution >= 0.6 is 0 Å². The van der Waals surface area contributed by atoms with Gasteiger partial charge in [0.15, 0.2) is 5.82 Å². The maximum Gasteiger partial charge on any atom is 0.152 e. The lowest BCUT2D eigenvalue weighted by Gasteiger charge is -2.23. The monoisotopic (exact) mass is 286 g/mol. The van der Waals surface area contributed by atoms with E-state index in [9.17, 15) is 0 Å². The summed E-state index contributed by atoms with van der Waals surface area (Å²) in [5.74, 6) is 1.90. The van der Waals surface area contributed by atoms with Crippen LogP contribution in [0.5, 0.6) is 0 Å². The van der Waals surface area contributed by atoms with Gasteiger partial charge < -0.3 is 14.6 Å². The summed E-state index contributed by atoms with van der Waals surface area (Å²) in [6.45, 7) is 11.0. The maximum atomic E-state index is 4.91. The van der Waals surface area contributed by atoms with Crippen LogP contribution in [0.4, 0.5) is 5.82 Å². The Morgan fingerprint density at radius 1 is 1.33 bits per heavy atom. The van der Waals surface area contributed by atoms with Crippen LogP contribution in [0, 0.1) is 5.92 Å². The van der Waals surface area contributed by atoms with E-state index in [0.29, 0.717) is 12.1 Å². The van der Waals surface area contributed by atoms with E-state index in [1.54, 1.807) is 0 Å². The Kier molecular flexibility index (Phi) is 3.89. The summed E-state index contributed by atoms with van der Waals surface area (Å²) in [5.41, 5.74) is 2.32. The van der Waals surface area contributed by atoms with Gasteiger partial charge >= 0.3 is 0 Å². The molecule has 1 N–H and O–H groups in total. The van der Waals surface area contributed by atoms with E-state index in [1.165, 1.54) is 12.1 Å². The number of rotatable bonds is 4. The smallest absolute Gasteiger partial charge is 0.152 e. The third kappa shape index (κ3) is 2.77. The van der Waals surface area contributed by atoms with Crippen LogP contribution in [0.15, 0.2) is 24.4 Å². The molecule has 1 fully saturated rings. The van der Waals surface area contributed by atoms with Crippen molar-refractivity contribution in [3.8, 4) is 0 Å². The molecule has 0 aliphatic carbocycles. The minimum absolute atomic E-state index is 0.474. The molecule has 114 valence electrons. The van der Waals surface area contributed by atoms with Crippen molar-refractivity contribution in [2.45, 2.75) is 52.7 Å². The van der Waals surface area contributed by atoms with E-state index in [0.717, 1.165) is 30.5 Å². The van der Waals surface area contributed by atoms with Gasteiger partial charge in [-0.05, 0) is 31.4 Å². The summed E-state index contributed by atoms with van der Waals surface area (Å²) in [4.78, 5) is 7.39. The van der Waals surface area contributed by atoms with E-state index in [1.807, 2.05) is 0 Å². The number of nitrogens with zero attached hydrogens (tertiary/aromatic N) is 3. The lowest BCUT2D eigenvalue weighted by atomic mass is 10.1. The van der Waals surface area contributed by atoms with Gasteiger partial charge in [0.25, 0.3) is 0 Å². The zero-order valence-electron chi connectivity index (χ0n) is 13.5. The molecular weight excluding hydrogens is 260 g/mol. The highest BCUT2D eigenvalue weighted by atomic mass is 15.3. The molecule has 3 rings (SSSR count). The Bertz CT molecular complexity index is 616. The summed E-state index contributed by atoms with van der Waals surface area (Å²) >= 11 is 0. The van der Waals surface area contributed by atoms with E-state index >= 15 is 0 Å². The Labute approximate surface area is 127 Å². The first-order valence-electron chi connectivity index (χ1n) is 8.02. The Hall–Kier alpha value is -1.55. The first kappa shape index (κ1) is 14.4. The van der Waals surface area contributed by atoms with Crippen molar-refractivity contribution in [2.24, 2.45) is 5.92 Å². The van der Waals surface area contributed by atoms with Crippen molar-refractivity contribution in [3.05, 3.63) is 30.1 Å². The van der Waals surface area contributed by atoms with Gasteiger partial charge in [0.1, 0.15) is 5.65 Å². The highest BCUT2D eigenvalue weighted by Crippen LogP contribution is 2.31. The van der Waals surface area contributed by atoms with Crippen LogP contribution in [-0.2, 0) is 6.54 Å². The first-order valence-corrected chi connectivity index (χ1v) is 8.02. The molecule has 2 aromatic rings. The van der Waals surface area contributed by atoms with Crippen molar-refractivity contribution in [1.82, 2.24) is 14.7 Å². The summed E-state index contributed by atoms with van der Waals surface area (Å²) in [6.07, 6.45) is 3.37. The predicted molar refractivity (Wildman–Crippen MR) is 87.8 cm³/mol. The van der Waals surface area contributed by atoms with E-state index in [2.05, 4.69) is 66.7 Å². The van der Waals surface area contributed by atoms with Gasteiger partial charge in [0, 0.05) is 31.4 Å². The largest absolute Gasteiger partial charge is 0.352 e. The average molecular weight is 286 g/mol. The average Bonchev–Trinajstić information content (AvgIpc) is 2.96. The minimum atomic E-state index is 0.474. The van der Waals surface area contributed by atoms with Crippen molar-refractivity contribution < 1.29 is 0 Å². The van der Waals surface area contributed by atoms with Crippen molar-refractivity contribution in [3.63, 3.8) is 0 Å². The molecule has 2 atom stereocenters. The predicted octanol–water partition coefficient (Wildman–Crippen LogP) is 3.07. The third-order valence-electron chi connectivity index (χ3n) is 4.34. The van der Waals surface area contributed by atoms with E-state index in [4.69, 9.17) is 4.98 Å². The number of imidazole rings is 1. The summed E-state index contributed by atoms with van der Waals surface area (Å²) in [7, 11) is 0. The van der Waals surface area contributed by atoms with Crippen LogP contribution in [0.25, 0.3) is 5.65 Å². The minimum Gasteiger partial charge on any atom is -0.352 e. The van der Waals surface area contributed by atoms with Gasteiger partial charge in [-0.15, -0.1) is 0 Å². The molecule has 21 heavy (non-hydrogen) atoms. The van der Waals surface area contributed by atoms with Gasteiger partial charge in [-0.3, -0.25) is 0 Å². The van der Waals surface area contributed by atoms with Crippen molar-refractivity contribution >= 4 is 11.5 Å². The van der Waals surface area contributed by atoms with E-state index in [-0.39, 0.29) is 0 Å². The second kappa shape index (κ2) is 5.68. The lowest BCUT2D eigenvalue weighted by molar-refractivity contribution is 0.577. The van der Waals surface area contributed by atoms with Crippen LogP contribution in [-0.4, -0.2) is 28.0 Å². The van der Waals surface area contributed by atoms with Crippen LogP contribution < -0.4 is 10.2 Å². The quantitative estimate of drug-likeness (QED) is 0.937. The van der Waals surface area contributed by atoms with Crippen molar-refractivity contribution in [2.75, 3.05) is 11.4 Å². The number of pyridine rings is 1. The molecule has 1 aliphatic heterocycles. The zero-order valence-corrected chi connectivity index (χ0v) is 13.5. The summed E-state index contributed by atoms with van der Waals surface area (Å²) < 4.78 is 2.22. The summed E-state index contributed by atoms with van der Waals surface area (Å²) in [6, 6.07) is 7.27. The molecule has 0 saturated carbocycles. The second-order valence-electron chi connectivity index (χ2n) is 6.69. The standard InChI is InChI=1S/C17H26N4/c1-12(2)18-10-15-17(21-11-13(3)9-14(21)4)19-16-7-5-6-8-20(15)16/h5-8,12-14,18H,9-11H2,1-4H3. The number of nitrogens with one attached hydrogen (secondary N) is 1. The molecule has 0 spiro atoms. The van der Waals surface area contributed by atoms with Gasteiger partial charge in [-0.1, -0.05) is 26.8 Å². The van der Waals surface area contributed by atoms with Gasteiger partial charge in [0.2, 0.25) is 0 Å². The van der Waals surface area contributed by atoms with Crippen LogP contribution in [0.1, 0.15) is 39.8 Å². The molecule has 1 saturated heterocycles. The SMILES string of the molecule is CC1CC(C)N(c2nc3ccccn3c2CNC(C)C)C1. The molecule has 2 unspecified atom stereocenters. The number of hydrogen-bond donors (Lipinski definition) is 1. The van der Waals surface area contributed by atoms with Crippen molar-refractivity contribution in [1.29, 1.82) is 0 Å². The fourth-order valence-electron chi connectivity index (χ4n) is 3.32. The number of hydrogen-bond acceptors (Lipinski definition) is 3. The van der Waals surface area contributed by atoms with Gasteiger partial charge in [0.05, 0.1) is 5.69 Å². The molecule has 4 nitrogen and oxygen atoms in total. The maximum absolute atomic E-state index is 4.91. The zero-order chi connectivity index (χ0) is 15.0. The normalized spacial score (nSPS) is 22.6. The molecule has 0 bridgehead atoms. The molecule has 3 heterocycles. The number of fused-ring (bicyclic) bond motifs is 1. The van der Waals surface area contributed by atoms with Crippen LogP contribution in [0.2, 0.25) is 0 Å². The Morgan fingerprint density at radius 3 is 2.81 bits per heavy atom. The molecule has 1 aliphatic rings. The topological polar surface area (TPSA) is 32.6 Å². The van der Waals surface area contributed by atoms with Crippen LogP contribution in [0.3, 0.4) is 0 Å². The molecule has 0 amide bonds. The second-order valence-corrected chi connectivity index (χ2v) is 6.69. The Morgan fingerprint density at radius 2 is 2.14 bits per heavy atom. The molecule has 0 aromatic carbocycles. The lowest BCUT2D eigenvalue weighted by Crippen LogP contribution is -2.30. The molecule has 4 heteroatoms. The highest BCUT2D eigenvalue weighted by molar-refractivity contribution is 5.57. The first-order chi connectivity index (χ1) is 10.1. The Balaban J connectivity index is 2.02. The van der Waals surface area contributed by atoms with Gasteiger partial charge in [-0.2, -0.15) is 0 Å². The number of anilines is 1. The third-order valence-corrected chi connectivity index (χ3v) is 4.34. The van der Waals surface area contributed by atoms with E-state index < -0.39 is 0 Å². The summed E-state index contributed by atoms with van der Waals surface area (Å²) in [5, 5.41) is 3.54.